The van der Waals surface area contributed by atoms with Crippen molar-refractivity contribution in [3.63, 3.8) is 0 Å². The van der Waals surface area contributed by atoms with Crippen molar-refractivity contribution in [2.24, 2.45) is 47.3 Å². The number of benzene rings is 2. The summed E-state index contributed by atoms with van der Waals surface area (Å²) < 4.78 is 13.8. The van der Waals surface area contributed by atoms with Gasteiger partial charge in [0.15, 0.2) is 24.0 Å². The van der Waals surface area contributed by atoms with Crippen molar-refractivity contribution in [1.29, 1.82) is 0 Å². The monoisotopic (exact) mass is 758 g/mol. The maximum absolute atomic E-state index is 12.8. The number of rotatable bonds is 9. The second-order valence-corrected chi connectivity index (χ2v) is 14.2. The van der Waals surface area contributed by atoms with Crippen LogP contribution in [0.2, 0.25) is 0 Å². The molecule has 2 aliphatic heterocycles. The van der Waals surface area contributed by atoms with E-state index in [9.17, 15) is 52.7 Å². The van der Waals surface area contributed by atoms with E-state index in [0.29, 0.717) is 11.8 Å². The summed E-state index contributed by atoms with van der Waals surface area (Å²) in [5.74, 6) is -6.38. The van der Waals surface area contributed by atoms with Crippen LogP contribution >= 0.6 is 0 Å². The Kier molecular flexibility index (Phi) is 12.7. The first-order chi connectivity index (χ1) is 25.8. The van der Waals surface area contributed by atoms with Gasteiger partial charge in [-0.15, -0.1) is 0 Å². The molecule has 0 aromatic heterocycles. The molecule has 0 radical (unpaired) electrons. The molecule has 0 N–H and O–H groups in total. The molecule has 2 aliphatic carbocycles. The van der Waals surface area contributed by atoms with Gasteiger partial charge in [0.05, 0.1) is 30.4 Å². The van der Waals surface area contributed by atoms with Crippen LogP contribution in [0.1, 0.15) is 112 Å². The minimum absolute atomic E-state index is 0.122. The van der Waals surface area contributed by atoms with Crippen LogP contribution in [0.5, 0.6) is 0 Å². The summed E-state index contributed by atoms with van der Waals surface area (Å²) in [6, 6.07) is 8.51. The number of Topliss-reactive ketones (excluding diaryl/α,β-unsaturated/α-hetero) is 6. The van der Waals surface area contributed by atoms with E-state index in [1.165, 1.54) is 71.2 Å². The molecule has 6 rings (SSSR count). The van der Waals surface area contributed by atoms with Gasteiger partial charge in [-0.3, -0.25) is 47.9 Å². The molecule has 55 heavy (non-hydrogen) atoms. The highest BCUT2D eigenvalue weighted by Crippen LogP contribution is 2.50. The molecule has 2 aromatic rings. The van der Waals surface area contributed by atoms with Crippen LogP contribution in [0.25, 0.3) is 0 Å². The SMILES string of the molecule is CC1C(C)C2C(=O)OC(=O)C12.CCC(=O)c1cc(C(=O)c2ccc3c(c2)C(=O)COC3=O)ccc1C(C)=O.COC(=O)C1C(C(C)=O)C(C(C)=O)C1C(C)=O. The number of hydrogen-bond donors (Lipinski definition) is 0. The topological polar surface area (TPSA) is 215 Å². The van der Waals surface area contributed by atoms with Crippen LogP contribution in [0.15, 0.2) is 36.4 Å². The summed E-state index contributed by atoms with van der Waals surface area (Å²) in [4.78, 5) is 128. The summed E-state index contributed by atoms with van der Waals surface area (Å²) in [6.45, 7) is 10.7. The second kappa shape index (κ2) is 16.7. The maximum atomic E-state index is 12.8. The third-order valence-corrected chi connectivity index (χ3v) is 10.9. The Morgan fingerprint density at radius 3 is 1.64 bits per heavy atom. The number of ether oxygens (including phenoxy) is 3. The number of hydrogen-bond acceptors (Lipinski definition) is 14. The van der Waals surface area contributed by atoms with E-state index in [-0.39, 0.29) is 105 Å². The van der Waals surface area contributed by atoms with Crippen LogP contribution in [-0.2, 0) is 43.0 Å². The molecule has 2 aromatic carbocycles. The minimum atomic E-state index is -0.802. The van der Waals surface area contributed by atoms with Crippen molar-refractivity contribution >= 4 is 64.4 Å². The molecule has 0 bridgehead atoms. The maximum Gasteiger partial charge on any atom is 0.339 e. The molecule has 0 amide bonds. The van der Waals surface area contributed by atoms with Gasteiger partial charge < -0.3 is 14.2 Å². The van der Waals surface area contributed by atoms with E-state index in [1.807, 2.05) is 13.8 Å². The Labute approximate surface area is 316 Å². The molecule has 2 heterocycles. The number of ketones is 7. The first kappa shape index (κ1) is 42.0. The van der Waals surface area contributed by atoms with Crippen LogP contribution < -0.4 is 0 Å². The molecule has 1 saturated heterocycles. The fourth-order valence-electron chi connectivity index (χ4n) is 7.78. The van der Waals surface area contributed by atoms with Crippen molar-refractivity contribution in [2.45, 2.75) is 54.9 Å². The third-order valence-electron chi connectivity index (χ3n) is 10.9. The molecule has 290 valence electrons. The Bertz CT molecular complexity index is 1990. The third kappa shape index (κ3) is 8.03. The highest BCUT2D eigenvalue weighted by atomic mass is 16.6. The van der Waals surface area contributed by atoms with E-state index >= 15 is 0 Å². The summed E-state index contributed by atoms with van der Waals surface area (Å²) in [6.07, 6.45) is 0.202. The number of cyclic esters (lactones) is 3. The highest BCUT2D eigenvalue weighted by molar-refractivity contribution is 6.16. The predicted molar refractivity (Wildman–Crippen MR) is 190 cm³/mol. The largest absolute Gasteiger partial charge is 0.469 e. The molecular weight excluding hydrogens is 716 g/mol. The number of esters is 4. The number of methoxy groups -OCH3 is 1. The lowest BCUT2D eigenvalue weighted by Gasteiger charge is -2.46. The fourth-order valence-corrected chi connectivity index (χ4v) is 7.78. The van der Waals surface area contributed by atoms with Gasteiger partial charge in [-0.05, 0) is 63.8 Å². The Morgan fingerprint density at radius 2 is 1.16 bits per heavy atom. The average molecular weight is 759 g/mol. The quantitative estimate of drug-likeness (QED) is 0.153. The van der Waals surface area contributed by atoms with Crippen LogP contribution in [0, 0.1) is 47.3 Å². The molecular formula is C41H42O14. The smallest absolute Gasteiger partial charge is 0.339 e. The highest BCUT2D eigenvalue weighted by Gasteiger charge is 2.61. The van der Waals surface area contributed by atoms with Crippen molar-refractivity contribution in [3.05, 3.63) is 69.8 Å². The van der Waals surface area contributed by atoms with Gasteiger partial charge in [-0.25, -0.2) is 4.79 Å². The summed E-state index contributed by atoms with van der Waals surface area (Å²) in [7, 11) is 1.21. The summed E-state index contributed by atoms with van der Waals surface area (Å²) in [5, 5.41) is 0. The first-order valence-electron chi connectivity index (χ1n) is 17.7. The van der Waals surface area contributed by atoms with Crippen molar-refractivity contribution in [2.75, 3.05) is 13.7 Å². The lowest BCUT2D eigenvalue weighted by Crippen LogP contribution is -2.58. The van der Waals surface area contributed by atoms with Gasteiger partial charge >= 0.3 is 23.9 Å². The van der Waals surface area contributed by atoms with Crippen molar-refractivity contribution < 1.29 is 67.0 Å². The molecule has 2 saturated carbocycles. The minimum Gasteiger partial charge on any atom is -0.469 e. The fraction of sp³-hybridized carbons (Fsp3) is 0.439. The van der Waals surface area contributed by atoms with E-state index in [4.69, 9.17) is 4.74 Å². The lowest BCUT2D eigenvalue weighted by atomic mass is 9.53. The zero-order chi connectivity index (χ0) is 41.2. The van der Waals surface area contributed by atoms with E-state index < -0.39 is 41.4 Å². The second-order valence-electron chi connectivity index (χ2n) is 14.2. The molecule has 6 unspecified atom stereocenters. The van der Waals surface area contributed by atoms with Gasteiger partial charge in [0.2, 0.25) is 5.78 Å². The Morgan fingerprint density at radius 1 is 0.673 bits per heavy atom. The lowest BCUT2D eigenvalue weighted by molar-refractivity contribution is -0.173. The first-order valence-corrected chi connectivity index (χ1v) is 17.7. The molecule has 6 atom stereocenters. The van der Waals surface area contributed by atoms with Crippen LogP contribution in [0.4, 0.5) is 0 Å². The number of carbonyl (C=O) groups excluding carboxylic acids is 11. The van der Waals surface area contributed by atoms with Gasteiger partial charge in [0.25, 0.3) is 0 Å². The number of carbonyl (C=O) groups is 11. The van der Waals surface area contributed by atoms with E-state index in [0.717, 1.165) is 0 Å². The molecule has 14 heteroatoms. The predicted octanol–water partition coefficient (Wildman–Crippen LogP) is 4.06. The summed E-state index contributed by atoms with van der Waals surface area (Å²) >= 11 is 0. The number of fused-ring (bicyclic) bond motifs is 2. The molecule has 14 nitrogen and oxygen atoms in total. The zero-order valence-corrected chi connectivity index (χ0v) is 31.7. The van der Waals surface area contributed by atoms with Gasteiger partial charge in [-0.2, -0.15) is 0 Å². The van der Waals surface area contributed by atoms with Crippen molar-refractivity contribution in [3.8, 4) is 0 Å². The van der Waals surface area contributed by atoms with Crippen molar-refractivity contribution in [1.82, 2.24) is 0 Å². The van der Waals surface area contributed by atoms with Crippen LogP contribution in [-0.4, -0.2) is 78.1 Å². The van der Waals surface area contributed by atoms with Gasteiger partial charge in [0, 0.05) is 52.0 Å². The zero-order valence-electron chi connectivity index (χ0n) is 31.7. The molecule has 0 spiro atoms. The Balaban J connectivity index is 0.000000204. The normalized spacial score (nSPS) is 25.7. The van der Waals surface area contributed by atoms with Crippen LogP contribution in [0.3, 0.4) is 0 Å². The molecule has 3 fully saturated rings. The molecule has 4 aliphatic rings. The standard InChI is InChI=1S/C21H16O6.C12H16O5.C8H10O3/c1-3-18(23)16-8-12(4-6-14(16)11(2)22)20(25)13-5-7-15-17(9-13)19(24)10-27-21(15)26;1-5(13)8-9(6(2)14)11(12(16)17-4)10(8)7(3)15;1-3-4(2)6-5(3)7(9)11-8(6)10/h4-9H,3,10H2,1-2H3;8-11H,1-4H3;3-6H,1-2H3. The van der Waals surface area contributed by atoms with Gasteiger partial charge in [-0.1, -0.05) is 32.9 Å². The van der Waals surface area contributed by atoms with E-state index in [2.05, 4.69) is 9.47 Å². The Hall–Kier alpha value is -5.79. The summed E-state index contributed by atoms with van der Waals surface area (Å²) in [5.41, 5.74) is 1.17. The average Bonchev–Trinajstić information content (AvgIpc) is 3.41. The van der Waals surface area contributed by atoms with Gasteiger partial charge in [0.1, 0.15) is 17.3 Å². The van der Waals surface area contributed by atoms with E-state index in [1.54, 1.807) is 6.92 Å².